The molecule has 1 atom stereocenters. The van der Waals surface area contributed by atoms with Crippen LogP contribution >= 0.6 is 0 Å². The van der Waals surface area contributed by atoms with Gasteiger partial charge >= 0.3 is 0 Å². The molecule has 1 unspecified atom stereocenters. The van der Waals surface area contributed by atoms with Crippen LogP contribution in [0, 0.1) is 13.8 Å². The topological polar surface area (TPSA) is 37.3 Å². The Labute approximate surface area is 103 Å². The van der Waals surface area contributed by atoms with Gasteiger partial charge < -0.3 is 10.3 Å². The smallest absolute Gasteiger partial charge is 0.246 e. The molecule has 0 radical (unpaired) electrons. The molecule has 17 heavy (non-hydrogen) atoms. The minimum atomic E-state index is -0.169. The van der Waals surface area contributed by atoms with E-state index in [-0.39, 0.29) is 11.9 Å². The zero-order valence-corrected chi connectivity index (χ0v) is 10.9. The van der Waals surface area contributed by atoms with Crippen LogP contribution in [0.4, 0.5) is 0 Å². The van der Waals surface area contributed by atoms with Crippen molar-refractivity contribution in [2.75, 3.05) is 18.5 Å². The van der Waals surface area contributed by atoms with Gasteiger partial charge in [0.2, 0.25) is 5.91 Å². The number of aromatic nitrogens is 1. The number of nitrogens with one attached hydrogen (secondary N) is 1. The SMILES string of the molecule is Cc1ccc(C)n1NC(C)C(=O)N1CCCC1. The summed E-state index contributed by atoms with van der Waals surface area (Å²) in [7, 11) is 0. The molecule has 1 amide bonds. The molecule has 1 aliphatic heterocycles. The van der Waals surface area contributed by atoms with Gasteiger partial charge in [0.25, 0.3) is 0 Å². The Morgan fingerprint density at radius 3 is 2.29 bits per heavy atom. The van der Waals surface area contributed by atoms with E-state index in [1.165, 1.54) is 0 Å². The summed E-state index contributed by atoms with van der Waals surface area (Å²) in [5, 5.41) is 0. The molecule has 0 saturated carbocycles. The lowest BCUT2D eigenvalue weighted by Crippen LogP contribution is -2.42. The molecule has 94 valence electrons. The van der Waals surface area contributed by atoms with Crippen molar-refractivity contribution in [3.63, 3.8) is 0 Å². The van der Waals surface area contributed by atoms with Gasteiger partial charge in [-0.2, -0.15) is 0 Å². The van der Waals surface area contributed by atoms with Crippen LogP contribution in [-0.2, 0) is 4.79 Å². The number of aryl methyl sites for hydroxylation is 2. The van der Waals surface area contributed by atoms with E-state index in [1.54, 1.807) is 0 Å². The maximum absolute atomic E-state index is 12.1. The van der Waals surface area contributed by atoms with Crippen LogP contribution in [0.1, 0.15) is 31.2 Å². The van der Waals surface area contributed by atoms with E-state index < -0.39 is 0 Å². The van der Waals surface area contributed by atoms with Gasteiger partial charge in [-0.15, -0.1) is 0 Å². The second kappa shape index (κ2) is 4.82. The maximum atomic E-state index is 12.1. The summed E-state index contributed by atoms with van der Waals surface area (Å²) in [6.45, 7) is 7.82. The van der Waals surface area contributed by atoms with E-state index in [4.69, 9.17) is 0 Å². The summed E-state index contributed by atoms with van der Waals surface area (Å²) in [5.74, 6) is 0.204. The van der Waals surface area contributed by atoms with Crippen molar-refractivity contribution in [2.45, 2.75) is 39.7 Å². The fraction of sp³-hybridized carbons (Fsp3) is 0.615. The average Bonchev–Trinajstić information content (AvgIpc) is 2.93. The third kappa shape index (κ3) is 2.46. The number of hydrogen-bond acceptors (Lipinski definition) is 2. The van der Waals surface area contributed by atoms with E-state index in [2.05, 4.69) is 17.6 Å². The molecule has 1 fully saturated rings. The van der Waals surface area contributed by atoms with Crippen LogP contribution in [0.15, 0.2) is 12.1 Å². The molecular weight excluding hydrogens is 214 g/mol. The number of likely N-dealkylation sites (tertiary alicyclic amines) is 1. The van der Waals surface area contributed by atoms with E-state index in [0.29, 0.717) is 0 Å². The highest BCUT2D eigenvalue weighted by Crippen LogP contribution is 2.11. The van der Waals surface area contributed by atoms with Crippen molar-refractivity contribution in [3.05, 3.63) is 23.5 Å². The molecule has 0 aromatic carbocycles. The van der Waals surface area contributed by atoms with E-state index in [9.17, 15) is 4.79 Å². The van der Waals surface area contributed by atoms with Gasteiger partial charge in [0, 0.05) is 24.5 Å². The molecule has 1 aromatic heterocycles. The van der Waals surface area contributed by atoms with Gasteiger partial charge in [0.1, 0.15) is 6.04 Å². The zero-order valence-electron chi connectivity index (χ0n) is 10.9. The summed E-state index contributed by atoms with van der Waals surface area (Å²) < 4.78 is 1.98. The Morgan fingerprint density at radius 2 is 1.76 bits per heavy atom. The standard InChI is InChI=1S/C13H21N3O/c1-10-6-7-11(2)16(10)14-12(3)13(17)15-8-4-5-9-15/h6-7,12,14H,4-5,8-9H2,1-3H3. The molecule has 4 nitrogen and oxygen atoms in total. The first-order valence-corrected chi connectivity index (χ1v) is 6.30. The van der Waals surface area contributed by atoms with Gasteiger partial charge in [-0.05, 0) is 45.7 Å². The minimum absolute atomic E-state index is 0.169. The van der Waals surface area contributed by atoms with Crippen molar-refractivity contribution in [1.29, 1.82) is 0 Å². The van der Waals surface area contributed by atoms with Crippen molar-refractivity contribution in [1.82, 2.24) is 9.58 Å². The quantitative estimate of drug-likeness (QED) is 0.865. The fourth-order valence-electron chi connectivity index (χ4n) is 2.33. The van der Waals surface area contributed by atoms with E-state index >= 15 is 0 Å². The molecule has 0 bridgehead atoms. The minimum Gasteiger partial charge on any atom is -0.341 e. The third-order valence-corrected chi connectivity index (χ3v) is 3.38. The van der Waals surface area contributed by atoms with Crippen molar-refractivity contribution in [3.8, 4) is 0 Å². The van der Waals surface area contributed by atoms with Crippen LogP contribution in [0.25, 0.3) is 0 Å². The van der Waals surface area contributed by atoms with Crippen LogP contribution in [0.5, 0.6) is 0 Å². The number of amides is 1. The summed E-state index contributed by atoms with van der Waals surface area (Å²) in [5.41, 5.74) is 5.52. The molecule has 1 N–H and O–H groups in total. The third-order valence-electron chi connectivity index (χ3n) is 3.38. The number of hydrogen-bond donors (Lipinski definition) is 1. The highest BCUT2D eigenvalue weighted by molar-refractivity contribution is 5.82. The summed E-state index contributed by atoms with van der Waals surface area (Å²) in [4.78, 5) is 14.1. The summed E-state index contributed by atoms with van der Waals surface area (Å²) in [6.07, 6.45) is 2.28. The number of rotatable bonds is 3. The van der Waals surface area contributed by atoms with Crippen LogP contribution in [0.2, 0.25) is 0 Å². The Hall–Kier alpha value is -1.45. The summed E-state index contributed by atoms with van der Waals surface area (Å²) >= 11 is 0. The largest absolute Gasteiger partial charge is 0.341 e. The van der Waals surface area contributed by atoms with Gasteiger partial charge in [-0.3, -0.25) is 9.47 Å². The monoisotopic (exact) mass is 235 g/mol. The average molecular weight is 235 g/mol. The van der Waals surface area contributed by atoms with Gasteiger partial charge in [0.15, 0.2) is 0 Å². The molecule has 1 saturated heterocycles. The fourth-order valence-corrected chi connectivity index (χ4v) is 2.33. The molecule has 0 aliphatic carbocycles. The predicted molar refractivity (Wildman–Crippen MR) is 68.5 cm³/mol. The van der Waals surface area contributed by atoms with E-state index in [0.717, 1.165) is 37.3 Å². The van der Waals surface area contributed by atoms with Gasteiger partial charge in [-0.1, -0.05) is 0 Å². The van der Waals surface area contributed by atoms with Gasteiger partial charge in [-0.25, -0.2) is 0 Å². The van der Waals surface area contributed by atoms with Crippen LogP contribution in [-0.4, -0.2) is 34.6 Å². The summed E-state index contributed by atoms with van der Waals surface area (Å²) in [6, 6.07) is 3.93. The lowest BCUT2D eigenvalue weighted by atomic mass is 10.3. The Morgan fingerprint density at radius 1 is 1.24 bits per heavy atom. The Balaban J connectivity index is 2.01. The predicted octanol–water partition coefficient (Wildman–Crippen LogP) is 1.66. The van der Waals surface area contributed by atoms with Crippen LogP contribution in [0.3, 0.4) is 0 Å². The van der Waals surface area contributed by atoms with Crippen LogP contribution < -0.4 is 5.43 Å². The van der Waals surface area contributed by atoms with Crippen molar-refractivity contribution >= 4 is 5.91 Å². The highest BCUT2D eigenvalue weighted by Gasteiger charge is 2.23. The lowest BCUT2D eigenvalue weighted by Gasteiger charge is -2.23. The maximum Gasteiger partial charge on any atom is 0.246 e. The van der Waals surface area contributed by atoms with Crippen molar-refractivity contribution in [2.24, 2.45) is 0 Å². The molecule has 1 aliphatic rings. The first kappa shape index (κ1) is 12.0. The molecule has 4 heteroatoms. The normalized spacial score (nSPS) is 17.2. The molecular formula is C13H21N3O. The van der Waals surface area contributed by atoms with Crippen molar-refractivity contribution < 1.29 is 4.79 Å². The zero-order chi connectivity index (χ0) is 12.4. The highest BCUT2D eigenvalue weighted by atomic mass is 16.2. The second-order valence-corrected chi connectivity index (χ2v) is 4.83. The lowest BCUT2D eigenvalue weighted by molar-refractivity contribution is -0.130. The first-order valence-electron chi connectivity index (χ1n) is 6.30. The second-order valence-electron chi connectivity index (χ2n) is 4.83. The molecule has 2 rings (SSSR count). The molecule has 1 aromatic rings. The van der Waals surface area contributed by atoms with Gasteiger partial charge in [0.05, 0.1) is 0 Å². The molecule has 0 spiro atoms. The Kier molecular flexibility index (Phi) is 3.41. The molecule has 2 heterocycles. The number of carbonyl (C=O) groups is 1. The first-order chi connectivity index (χ1) is 8.09. The Bertz CT molecular complexity index is 385. The number of nitrogens with zero attached hydrogens (tertiary/aromatic N) is 2. The number of carbonyl (C=O) groups excluding carboxylic acids is 1. The van der Waals surface area contributed by atoms with E-state index in [1.807, 2.05) is 30.3 Å².